The summed E-state index contributed by atoms with van der Waals surface area (Å²) < 4.78 is 3.64. The van der Waals surface area contributed by atoms with E-state index >= 15 is 0 Å². The number of halogens is 1. The van der Waals surface area contributed by atoms with E-state index in [0.29, 0.717) is 17.1 Å². The summed E-state index contributed by atoms with van der Waals surface area (Å²) in [5.41, 5.74) is 2.92. The van der Waals surface area contributed by atoms with Crippen LogP contribution in [0.3, 0.4) is 0 Å². The number of carbonyl (C=O) groups is 1. The molecule has 3 heterocycles. The van der Waals surface area contributed by atoms with Crippen LogP contribution in [0.1, 0.15) is 21.7 Å². The van der Waals surface area contributed by atoms with Crippen LogP contribution in [-0.4, -0.2) is 25.1 Å². The summed E-state index contributed by atoms with van der Waals surface area (Å²) in [4.78, 5) is 17.8. The van der Waals surface area contributed by atoms with Crippen LogP contribution in [0.2, 0.25) is 5.02 Å². The number of nitrogens with zero attached hydrogens (tertiary/aromatic N) is 4. The van der Waals surface area contributed by atoms with Crippen molar-refractivity contribution in [3.05, 3.63) is 70.2 Å². The van der Waals surface area contributed by atoms with E-state index in [2.05, 4.69) is 15.4 Å². The third kappa shape index (κ3) is 3.04. The van der Waals surface area contributed by atoms with Gasteiger partial charge < -0.3 is 5.32 Å². The average molecular weight is 372 g/mol. The van der Waals surface area contributed by atoms with Crippen LogP contribution >= 0.6 is 22.9 Å². The molecule has 0 aliphatic heterocycles. The number of aromatic nitrogens is 4. The molecule has 0 saturated carbocycles. The molecule has 0 fully saturated rings. The molecule has 25 heavy (non-hydrogen) atoms. The molecule has 4 aromatic rings. The standard InChI is InChI=1S/C17H14ClN5OS/c1-11-15(9-20-23(11)14-4-2-3-12(18)7-14)16(24)19-8-13-10-22-5-6-25-17(22)21-13/h2-7,9-10H,8H2,1H3,(H,19,24). The third-order valence-electron chi connectivity index (χ3n) is 3.88. The lowest BCUT2D eigenvalue weighted by atomic mass is 10.2. The molecule has 3 aromatic heterocycles. The number of thiazole rings is 1. The highest BCUT2D eigenvalue weighted by Gasteiger charge is 2.15. The zero-order valence-electron chi connectivity index (χ0n) is 13.3. The molecule has 0 aliphatic rings. The van der Waals surface area contributed by atoms with Crippen molar-refractivity contribution >= 4 is 33.8 Å². The number of benzene rings is 1. The fourth-order valence-electron chi connectivity index (χ4n) is 2.63. The van der Waals surface area contributed by atoms with Crippen molar-refractivity contribution in [1.29, 1.82) is 0 Å². The van der Waals surface area contributed by atoms with E-state index in [1.165, 1.54) is 0 Å². The Hall–Kier alpha value is -2.64. The second-order valence-electron chi connectivity index (χ2n) is 5.54. The van der Waals surface area contributed by atoms with Gasteiger partial charge in [-0.3, -0.25) is 9.20 Å². The first-order chi connectivity index (χ1) is 12.1. The van der Waals surface area contributed by atoms with Crippen LogP contribution in [-0.2, 0) is 6.54 Å². The van der Waals surface area contributed by atoms with Gasteiger partial charge in [-0.15, -0.1) is 11.3 Å². The first kappa shape index (κ1) is 15.9. The Labute approximate surface area is 152 Å². The topological polar surface area (TPSA) is 64.2 Å². The number of fused-ring (bicyclic) bond motifs is 1. The van der Waals surface area contributed by atoms with Crippen molar-refractivity contribution in [2.75, 3.05) is 0 Å². The van der Waals surface area contributed by atoms with Crippen LogP contribution in [0.25, 0.3) is 10.6 Å². The summed E-state index contributed by atoms with van der Waals surface area (Å²) >= 11 is 7.59. The first-order valence-electron chi connectivity index (χ1n) is 7.61. The van der Waals surface area contributed by atoms with Crippen LogP contribution in [0, 0.1) is 6.92 Å². The molecule has 1 aromatic carbocycles. The fourth-order valence-corrected chi connectivity index (χ4v) is 3.53. The third-order valence-corrected chi connectivity index (χ3v) is 4.89. The maximum absolute atomic E-state index is 12.5. The number of imidazole rings is 1. The molecule has 0 unspecified atom stereocenters. The molecule has 1 amide bonds. The van der Waals surface area contributed by atoms with Crippen molar-refractivity contribution in [3.8, 4) is 5.69 Å². The molecule has 8 heteroatoms. The summed E-state index contributed by atoms with van der Waals surface area (Å²) in [5, 5.41) is 9.80. The van der Waals surface area contributed by atoms with Gasteiger partial charge in [-0.05, 0) is 25.1 Å². The predicted molar refractivity (Wildman–Crippen MR) is 97.6 cm³/mol. The normalized spacial score (nSPS) is 11.1. The second-order valence-corrected chi connectivity index (χ2v) is 6.85. The van der Waals surface area contributed by atoms with E-state index in [1.807, 2.05) is 41.2 Å². The number of rotatable bonds is 4. The lowest BCUT2D eigenvalue weighted by Gasteiger charge is -2.06. The maximum Gasteiger partial charge on any atom is 0.255 e. The quantitative estimate of drug-likeness (QED) is 0.597. The highest BCUT2D eigenvalue weighted by molar-refractivity contribution is 7.15. The second kappa shape index (κ2) is 6.34. The highest BCUT2D eigenvalue weighted by atomic mass is 35.5. The summed E-state index contributed by atoms with van der Waals surface area (Å²) in [6.45, 7) is 2.23. The van der Waals surface area contributed by atoms with Crippen molar-refractivity contribution in [2.45, 2.75) is 13.5 Å². The molecule has 126 valence electrons. The number of nitrogens with one attached hydrogen (secondary N) is 1. The Morgan fingerprint density at radius 2 is 2.28 bits per heavy atom. The van der Waals surface area contributed by atoms with Crippen LogP contribution in [0.4, 0.5) is 0 Å². The van der Waals surface area contributed by atoms with E-state index in [4.69, 9.17) is 11.6 Å². The summed E-state index contributed by atoms with van der Waals surface area (Å²) in [5.74, 6) is -0.179. The summed E-state index contributed by atoms with van der Waals surface area (Å²) in [6, 6.07) is 7.35. The zero-order chi connectivity index (χ0) is 17.4. The first-order valence-corrected chi connectivity index (χ1v) is 8.87. The van der Waals surface area contributed by atoms with Gasteiger partial charge in [0.1, 0.15) is 0 Å². The van der Waals surface area contributed by atoms with Crippen molar-refractivity contribution in [3.63, 3.8) is 0 Å². The SMILES string of the molecule is Cc1c(C(=O)NCc2cn3ccsc3n2)cnn1-c1cccc(Cl)c1. The molecule has 4 rings (SSSR count). The van der Waals surface area contributed by atoms with Crippen molar-refractivity contribution in [1.82, 2.24) is 24.5 Å². The average Bonchev–Trinajstić information content (AvgIpc) is 3.27. The molecule has 0 spiro atoms. The predicted octanol–water partition coefficient (Wildman–Crippen LogP) is 3.47. The highest BCUT2D eigenvalue weighted by Crippen LogP contribution is 2.18. The van der Waals surface area contributed by atoms with Crippen LogP contribution in [0.15, 0.2) is 48.2 Å². The van der Waals surface area contributed by atoms with E-state index in [0.717, 1.165) is 22.0 Å². The van der Waals surface area contributed by atoms with Gasteiger partial charge >= 0.3 is 0 Å². The fraction of sp³-hybridized carbons (Fsp3) is 0.118. The minimum Gasteiger partial charge on any atom is -0.346 e. The monoisotopic (exact) mass is 371 g/mol. The number of hydrogen-bond acceptors (Lipinski definition) is 4. The lowest BCUT2D eigenvalue weighted by molar-refractivity contribution is 0.0950. The van der Waals surface area contributed by atoms with E-state index in [9.17, 15) is 4.79 Å². The Bertz CT molecular complexity index is 1040. The molecule has 0 saturated heterocycles. The van der Waals surface area contributed by atoms with Gasteiger partial charge in [0.25, 0.3) is 5.91 Å². The largest absolute Gasteiger partial charge is 0.346 e. The van der Waals surface area contributed by atoms with Gasteiger partial charge in [-0.25, -0.2) is 9.67 Å². The molecule has 0 atom stereocenters. The van der Waals surface area contributed by atoms with Gasteiger partial charge in [0.15, 0.2) is 4.96 Å². The Morgan fingerprint density at radius 1 is 1.40 bits per heavy atom. The molecule has 0 bridgehead atoms. The Balaban J connectivity index is 1.51. The number of amides is 1. The smallest absolute Gasteiger partial charge is 0.255 e. The van der Waals surface area contributed by atoms with E-state index in [1.54, 1.807) is 34.3 Å². The molecule has 0 radical (unpaired) electrons. The van der Waals surface area contributed by atoms with Gasteiger partial charge in [-0.1, -0.05) is 17.7 Å². The summed E-state index contributed by atoms with van der Waals surface area (Å²) in [6.07, 6.45) is 5.42. The Morgan fingerprint density at radius 3 is 3.08 bits per heavy atom. The molecule has 1 N–H and O–H groups in total. The van der Waals surface area contributed by atoms with Gasteiger partial charge in [0.2, 0.25) is 0 Å². The molecule has 0 aliphatic carbocycles. The van der Waals surface area contributed by atoms with Gasteiger partial charge in [0.05, 0.1) is 35.4 Å². The molecular weight excluding hydrogens is 358 g/mol. The minimum atomic E-state index is -0.179. The van der Waals surface area contributed by atoms with Crippen LogP contribution in [0.5, 0.6) is 0 Å². The molecule has 6 nitrogen and oxygen atoms in total. The van der Waals surface area contributed by atoms with Crippen LogP contribution < -0.4 is 5.32 Å². The Kier molecular flexibility index (Phi) is 4.03. The van der Waals surface area contributed by atoms with Gasteiger partial charge in [-0.2, -0.15) is 5.10 Å². The van der Waals surface area contributed by atoms with E-state index in [-0.39, 0.29) is 5.91 Å². The molecular formula is C17H14ClN5OS. The summed E-state index contributed by atoms with van der Waals surface area (Å²) in [7, 11) is 0. The maximum atomic E-state index is 12.5. The van der Waals surface area contributed by atoms with Crippen molar-refractivity contribution in [2.24, 2.45) is 0 Å². The number of hydrogen-bond donors (Lipinski definition) is 1. The zero-order valence-corrected chi connectivity index (χ0v) is 14.9. The van der Waals surface area contributed by atoms with Crippen molar-refractivity contribution < 1.29 is 4.79 Å². The lowest BCUT2D eigenvalue weighted by Crippen LogP contribution is -2.23. The minimum absolute atomic E-state index is 0.179. The van der Waals surface area contributed by atoms with E-state index < -0.39 is 0 Å². The van der Waals surface area contributed by atoms with Gasteiger partial charge in [0, 0.05) is 22.8 Å². The number of carbonyl (C=O) groups excluding carboxylic acids is 1.